The van der Waals surface area contributed by atoms with E-state index >= 15 is 0 Å². The lowest BCUT2D eigenvalue weighted by molar-refractivity contribution is -0.144. The fraction of sp³-hybridized carbons (Fsp3) is 0.471. The Morgan fingerprint density at radius 3 is 2.46 bits per heavy atom. The summed E-state index contributed by atoms with van der Waals surface area (Å²) in [5.74, 6) is -3.21. The van der Waals surface area contributed by atoms with Gasteiger partial charge in [0.05, 0.1) is 0 Å². The molecular formula is C17H21FN2O4. The van der Waals surface area contributed by atoms with Crippen molar-refractivity contribution in [3.63, 3.8) is 0 Å². The highest BCUT2D eigenvalue weighted by molar-refractivity contribution is 6.10. The zero-order valence-corrected chi connectivity index (χ0v) is 13.7. The third-order valence-corrected chi connectivity index (χ3v) is 4.16. The molecule has 1 saturated heterocycles. The van der Waals surface area contributed by atoms with E-state index < -0.39 is 36.4 Å². The molecule has 1 aliphatic heterocycles. The van der Waals surface area contributed by atoms with E-state index in [0.29, 0.717) is 18.2 Å². The molecule has 2 unspecified atom stereocenters. The first-order valence-electron chi connectivity index (χ1n) is 7.85. The smallest absolute Gasteiger partial charge is 0.328 e. The van der Waals surface area contributed by atoms with Crippen LogP contribution >= 0.6 is 0 Å². The van der Waals surface area contributed by atoms with Gasteiger partial charge in [-0.1, -0.05) is 26.0 Å². The van der Waals surface area contributed by atoms with Crippen LogP contribution in [0, 0.1) is 5.92 Å². The highest BCUT2D eigenvalue weighted by Gasteiger charge is 2.38. The van der Waals surface area contributed by atoms with Crippen LogP contribution in [0.1, 0.15) is 31.7 Å². The van der Waals surface area contributed by atoms with E-state index in [2.05, 4.69) is 19.2 Å². The van der Waals surface area contributed by atoms with E-state index in [1.165, 1.54) is 4.90 Å². The van der Waals surface area contributed by atoms with E-state index in [1.54, 1.807) is 0 Å². The molecule has 1 heterocycles. The molecule has 0 bridgehead atoms. The monoisotopic (exact) mass is 336 g/mol. The maximum absolute atomic E-state index is 12.6. The summed E-state index contributed by atoms with van der Waals surface area (Å²) in [7, 11) is 0. The van der Waals surface area contributed by atoms with E-state index in [0.717, 1.165) is 5.56 Å². The molecule has 24 heavy (non-hydrogen) atoms. The van der Waals surface area contributed by atoms with Gasteiger partial charge in [0, 0.05) is 12.2 Å². The predicted octanol–water partition coefficient (Wildman–Crippen LogP) is 1.70. The molecule has 1 aromatic rings. The SMILES string of the molecule is CC(C)c1ccc(N2CCC(C(=O)NC(CF)C(=O)O)C2=O)cc1. The number of hydrogen-bond acceptors (Lipinski definition) is 3. The molecule has 0 saturated carbocycles. The van der Waals surface area contributed by atoms with Crippen molar-refractivity contribution in [2.45, 2.75) is 32.2 Å². The van der Waals surface area contributed by atoms with Gasteiger partial charge in [0.2, 0.25) is 11.8 Å². The number of carboxylic acid groups (broad SMARTS) is 1. The van der Waals surface area contributed by atoms with Gasteiger partial charge < -0.3 is 15.3 Å². The number of rotatable bonds is 6. The van der Waals surface area contributed by atoms with Crippen molar-refractivity contribution in [1.82, 2.24) is 5.32 Å². The van der Waals surface area contributed by atoms with Crippen LogP contribution in [0.5, 0.6) is 0 Å². The molecule has 2 amide bonds. The van der Waals surface area contributed by atoms with E-state index in [4.69, 9.17) is 5.11 Å². The first-order chi connectivity index (χ1) is 11.3. The van der Waals surface area contributed by atoms with Crippen LogP contribution < -0.4 is 10.2 Å². The highest BCUT2D eigenvalue weighted by atomic mass is 19.1. The van der Waals surface area contributed by atoms with Crippen LogP contribution in [0.3, 0.4) is 0 Å². The second-order valence-corrected chi connectivity index (χ2v) is 6.13. The Labute approximate surface area is 139 Å². The number of hydrogen-bond donors (Lipinski definition) is 2. The van der Waals surface area contributed by atoms with Crippen LogP contribution in [-0.4, -0.2) is 42.2 Å². The number of nitrogens with zero attached hydrogens (tertiary/aromatic N) is 1. The molecule has 0 aromatic heterocycles. The number of alkyl halides is 1. The standard InChI is InChI=1S/C17H21FN2O4/c1-10(2)11-3-5-12(6-4-11)20-8-7-13(16(20)22)15(21)19-14(9-18)17(23)24/h3-6,10,13-14H,7-9H2,1-2H3,(H,19,21)(H,23,24). The number of nitrogens with one attached hydrogen (secondary N) is 1. The largest absolute Gasteiger partial charge is 0.480 e. The lowest BCUT2D eigenvalue weighted by Crippen LogP contribution is -2.46. The molecule has 1 fully saturated rings. The second-order valence-electron chi connectivity index (χ2n) is 6.13. The van der Waals surface area contributed by atoms with Crippen LogP contribution in [-0.2, 0) is 14.4 Å². The van der Waals surface area contributed by atoms with Crippen molar-refractivity contribution in [2.75, 3.05) is 18.1 Å². The molecule has 2 N–H and O–H groups in total. The predicted molar refractivity (Wildman–Crippen MR) is 86.5 cm³/mol. The van der Waals surface area contributed by atoms with Gasteiger partial charge in [-0.05, 0) is 30.0 Å². The number of carbonyl (C=O) groups is 3. The Hall–Kier alpha value is -2.44. The highest BCUT2D eigenvalue weighted by Crippen LogP contribution is 2.27. The van der Waals surface area contributed by atoms with Crippen molar-refractivity contribution in [3.05, 3.63) is 29.8 Å². The molecular weight excluding hydrogens is 315 g/mol. The molecule has 130 valence electrons. The summed E-state index contributed by atoms with van der Waals surface area (Å²) in [5.41, 5.74) is 1.84. The molecule has 7 heteroatoms. The Morgan fingerprint density at radius 2 is 1.96 bits per heavy atom. The van der Waals surface area contributed by atoms with Crippen molar-refractivity contribution in [2.24, 2.45) is 5.92 Å². The molecule has 0 radical (unpaired) electrons. The van der Waals surface area contributed by atoms with E-state index in [-0.39, 0.29) is 6.42 Å². The molecule has 6 nitrogen and oxygen atoms in total. The molecule has 0 aliphatic carbocycles. The summed E-state index contributed by atoms with van der Waals surface area (Å²) in [6.45, 7) is 3.29. The number of carboxylic acids is 1. The zero-order valence-electron chi connectivity index (χ0n) is 13.7. The van der Waals surface area contributed by atoms with Crippen LogP contribution in [0.15, 0.2) is 24.3 Å². The van der Waals surface area contributed by atoms with Crippen molar-refractivity contribution in [3.8, 4) is 0 Å². The zero-order chi connectivity index (χ0) is 17.9. The molecule has 2 atom stereocenters. The van der Waals surface area contributed by atoms with Gasteiger partial charge in [0.15, 0.2) is 6.04 Å². The molecule has 1 aromatic carbocycles. The van der Waals surface area contributed by atoms with Gasteiger partial charge in [-0.25, -0.2) is 9.18 Å². The quantitative estimate of drug-likeness (QED) is 0.774. The van der Waals surface area contributed by atoms with E-state index in [9.17, 15) is 18.8 Å². The van der Waals surface area contributed by atoms with Crippen LogP contribution in [0.4, 0.5) is 10.1 Å². The van der Waals surface area contributed by atoms with Gasteiger partial charge in [0.1, 0.15) is 12.6 Å². The maximum Gasteiger partial charge on any atom is 0.328 e. The number of anilines is 1. The minimum absolute atomic E-state index is 0.273. The maximum atomic E-state index is 12.6. The van der Waals surface area contributed by atoms with Crippen molar-refractivity contribution >= 4 is 23.5 Å². The number of benzene rings is 1. The topological polar surface area (TPSA) is 86.7 Å². The minimum atomic E-state index is -1.62. The molecule has 2 rings (SSSR count). The molecule has 1 aliphatic rings. The number of amides is 2. The average molecular weight is 336 g/mol. The van der Waals surface area contributed by atoms with Gasteiger partial charge >= 0.3 is 5.97 Å². The van der Waals surface area contributed by atoms with Crippen LogP contribution in [0.2, 0.25) is 0 Å². The van der Waals surface area contributed by atoms with Crippen molar-refractivity contribution in [1.29, 1.82) is 0 Å². The summed E-state index contributed by atoms with van der Waals surface area (Å²) in [6, 6.07) is 5.91. The summed E-state index contributed by atoms with van der Waals surface area (Å²) < 4.78 is 12.6. The lowest BCUT2D eigenvalue weighted by atomic mass is 10.0. The first kappa shape index (κ1) is 17.9. The van der Waals surface area contributed by atoms with Gasteiger partial charge in [-0.3, -0.25) is 9.59 Å². The Kier molecular flexibility index (Phi) is 5.54. The first-order valence-corrected chi connectivity index (χ1v) is 7.85. The summed E-state index contributed by atoms with van der Waals surface area (Å²) in [6.07, 6.45) is 0.273. The van der Waals surface area contributed by atoms with Gasteiger partial charge in [-0.2, -0.15) is 0 Å². The number of halogens is 1. The number of carbonyl (C=O) groups excluding carboxylic acids is 2. The lowest BCUT2D eigenvalue weighted by Gasteiger charge is -2.18. The van der Waals surface area contributed by atoms with Gasteiger partial charge in [-0.15, -0.1) is 0 Å². The normalized spacial score (nSPS) is 18.8. The molecule has 0 spiro atoms. The summed E-state index contributed by atoms with van der Waals surface area (Å²) in [4.78, 5) is 36.8. The van der Waals surface area contributed by atoms with Crippen molar-refractivity contribution < 1.29 is 23.9 Å². The third kappa shape index (κ3) is 3.72. The van der Waals surface area contributed by atoms with E-state index in [1.807, 2.05) is 24.3 Å². The number of aliphatic carboxylic acids is 1. The van der Waals surface area contributed by atoms with Gasteiger partial charge in [0.25, 0.3) is 0 Å². The fourth-order valence-corrected chi connectivity index (χ4v) is 2.66. The van der Waals surface area contributed by atoms with Crippen LogP contribution in [0.25, 0.3) is 0 Å². The average Bonchev–Trinajstić information content (AvgIpc) is 2.93. The second kappa shape index (κ2) is 7.42. The Bertz CT molecular complexity index is 630. The summed E-state index contributed by atoms with van der Waals surface area (Å²) >= 11 is 0. The fourth-order valence-electron chi connectivity index (χ4n) is 2.66. The third-order valence-electron chi connectivity index (χ3n) is 4.16. The Morgan fingerprint density at radius 1 is 1.33 bits per heavy atom. The summed E-state index contributed by atoms with van der Waals surface area (Å²) in [5, 5.41) is 10.9. The minimum Gasteiger partial charge on any atom is -0.480 e. The Balaban J connectivity index is 2.06.